The van der Waals surface area contributed by atoms with Crippen LogP contribution >= 0.6 is 0 Å². The SMILES string of the molecule is CCN(CC)c1ccc(CNC(C)(C)CO)cc1. The number of nitrogens with zero attached hydrogens (tertiary/aromatic N) is 1. The fourth-order valence-electron chi connectivity index (χ4n) is 1.81. The largest absolute Gasteiger partial charge is 0.394 e. The monoisotopic (exact) mass is 250 g/mol. The quantitative estimate of drug-likeness (QED) is 0.780. The predicted molar refractivity (Wildman–Crippen MR) is 78.0 cm³/mol. The second-order valence-electron chi connectivity index (χ2n) is 5.23. The van der Waals surface area contributed by atoms with Crippen LogP contribution in [-0.2, 0) is 6.54 Å². The van der Waals surface area contributed by atoms with E-state index in [-0.39, 0.29) is 12.1 Å². The molecule has 1 aromatic carbocycles. The molecule has 0 fully saturated rings. The molecular formula is C15H26N2O. The maximum atomic E-state index is 9.18. The van der Waals surface area contributed by atoms with Crippen LogP contribution < -0.4 is 10.2 Å². The first-order valence-corrected chi connectivity index (χ1v) is 6.72. The van der Waals surface area contributed by atoms with Gasteiger partial charge in [-0.05, 0) is 45.4 Å². The smallest absolute Gasteiger partial charge is 0.0607 e. The van der Waals surface area contributed by atoms with Gasteiger partial charge in [-0.15, -0.1) is 0 Å². The van der Waals surface area contributed by atoms with E-state index in [4.69, 9.17) is 0 Å². The molecule has 0 radical (unpaired) electrons. The van der Waals surface area contributed by atoms with Crippen LogP contribution in [0.2, 0.25) is 0 Å². The van der Waals surface area contributed by atoms with Crippen molar-refractivity contribution in [3.05, 3.63) is 29.8 Å². The third-order valence-corrected chi connectivity index (χ3v) is 3.23. The van der Waals surface area contributed by atoms with Crippen molar-refractivity contribution in [1.29, 1.82) is 0 Å². The van der Waals surface area contributed by atoms with Crippen LogP contribution in [0.25, 0.3) is 0 Å². The van der Waals surface area contributed by atoms with E-state index in [0.29, 0.717) is 0 Å². The van der Waals surface area contributed by atoms with Gasteiger partial charge < -0.3 is 15.3 Å². The Bertz CT molecular complexity index is 342. The molecule has 0 bridgehead atoms. The number of nitrogens with one attached hydrogen (secondary N) is 1. The Balaban J connectivity index is 2.60. The standard InChI is InChI=1S/C15H26N2O/c1-5-17(6-2)14-9-7-13(8-10-14)11-16-15(3,4)12-18/h7-10,16,18H,5-6,11-12H2,1-4H3. The Hall–Kier alpha value is -1.06. The van der Waals surface area contributed by atoms with Crippen LogP contribution in [0.3, 0.4) is 0 Å². The van der Waals surface area contributed by atoms with Crippen molar-refractivity contribution in [3.8, 4) is 0 Å². The average Bonchev–Trinajstić information content (AvgIpc) is 2.39. The summed E-state index contributed by atoms with van der Waals surface area (Å²) in [6.07, 6.45) is 0. The van der Waals surface area contributed by atoms with Crippen molar-refractivity contribution in [2.24, 2.45) is 0 Å². The van der Waals surface area contributed by atoms with Crippen LogP contribution in [-0.4, -0.2) is 30.3 Å². The minimum atomic E-state index is -0.225. The van der Waals surface area contributed by atoms with E-state index in [9.17, 15) is 5.11 Å². The Morgan fingerprint density at radius 2 is 1.67 bits per heavy atom. The van der Waals surface area contributed by atoms with Gasteiger partial charge in [-0.3, -0.25) is 0 Å². The van der Waals surface area contributed by atoms with Crippen LogP contribution in [0.15, 0.2) is 24.3 Å². The number of hydrogen-bond acceptors (Lipinski definition) is 3. The lowest BCUT2D eigenvalue weighted by molar-refractivity contribution is 0.187. The first kappa shape index (κ1) is 15.0. The zero-order valence-electron chi connectivity index (χ0n) is 12.0. The molecule has 0 aliphatic carbocycles. The molecule has 0 aliphatic rings. The highest BCUT2D eigenvalue weighted by Crippen LogP contribution is 2.15. The lowest BCUT2D eigenvalue weighted by Gasteiger charge is -2.24. The van der Waals surface area contributed by atoms with Gasteiger partial charge in [0.1, 0.15) is 0 Å². The summed E-state index contributed by atoms with van der Waals surface area (Å²) >= 11 is 0. The first-order chi connectivity index (χ1) is 8.52. The van der Waals surface area contributed by atoms with Gasteiger partial charge >= 0.3 is 0 Å². The highest BCUT2D eigenvalue weighted by atomic mass is 16.3. The van der Waals surface area contributed by atoms with Crippen molar-refractivity contribution < 1.29 is 5.11 Å². The number of hydrogen-bond donors (Lipinski definition) is 2. The Kier molecular flexibility index (Phi) is 5.63. The van der Waals surface area contributed by atoms with E-state index in [1.165, 1.54) is 11.3 Å². The number of anilines is 1. The summed E-state index contributed by atoms with van der Waals surface area (Å²) in [7, 11) is 0. The normalized spacial score (nSPS) is 11.6. The topological polar surface area (TPSA) is 35.5 Å². The third-order valence-electron chi connectivity index (χ3n) is 3.23. The van der Waals surface area contributed by atoms with Gasteiger partial charge in [-0.1, -0.05) is 12.1 Å². The van der Waals surface area contributed by atoms with Gasteiger partial charge in [0.15, 0.2) is 0 Å². The summed E-state index contributed by atoms with van der Waals surface area (Å²) in [5.74, 6) is 0. The van der Waals surface area contributed by atoms with Crippen LogP contribution in [0.1, 0.15) is 33.3 Å². The summed E-state index contributed by atoms with van der Waals surface area (Å²) < 4.78 is 0. The van der Waals surface area contributed by atoms with Gasteiger partial charge in [-0.2, -0.15) is 0 Å². The maximum Gasteiger partial charge on any atom is 0.0607 e. The second kappa shape index (κ2) is 6.76. The molecule has 1 rings (SSSR count). The zero-order valence-corrected chi connectivity index (χ0v) is 12.0. The molecule has 3 heteroatoms. The minimum absolute atomic E-state index is 0.143. The molecule has 1 aromatic rings. The lowest BCUT2D eigenvalue weighted by atomic mass is 10.1. The van der Waals surface area contributed by atoms with Crippen molar-refractivity contribution >= 4 is 5.69 Å². The zero-order chi connectivity index (χ0) is 13.6. The lowest BCUT2D eigenvalue weighted by Crippen LogP contribution is -2.42. The van der Waals surface area contributed by atoms with Crippen LogP contribution in [0.5, 0.6) is 0 Å². The van der Waals surface area contributed by atoms with Crippen LogP contribution in [0, 0.1) is 0 Å². The van der Waals surface area contributed by atoms with E-state index < -0.39 is 0 Å². The summed E-state index contributed by atoms with van der Waals surface area (Å²) in [5, 5.41) is 12.5. The minimum Gasteiger partial charge on any atom is -0.394 e. The summed E-state index contributed by atoms with van der Waals surface area (Å²) in [4.78, 5) is 2.33. The molecule has 0 atom stereocenters. The molecule has 0 spiro atoms. The van der Waals surface area contributed by atoms with Gasteiger partial charge in [0.2, 0.25) is 0 Å². The summed E-state index contributed by atoms with van der Waals surface area (Å²) in [5.41, 5.74) is 2.29. The van der Waals surface area contributed by atoms with Gasteiger partial charge in [0, 0.05) is 30.9 Å². The highest BCUT2D eigenvalue weighted by Gasteiger charge is 2.14. The van der Waals surface area contributed by atoms with Gasteiger partial charge in [0.05, 0.1) is 6.61 Å². The van der Waals surface area contributed by atoms with E-state index >= 15 is 0 Å². The molecular weight excluding hydrogens is 224 g/mol. The van der Waals surface area contributed by atoms with Crippen molar-refractivity contribution in [1.82, 2.24) is 5.32 Å². The summed E-state index contributed by atoms with van der Waals surface area (Å²) in [6, 6.07) is 8.62. The van der Waals surface area contributed by atoms with E-state index in [1.54, 1.807) is 0 Å². The molecule has 2 N–H and O–H groups in total. The fraction of sp³-hybridized carbons (Fsp3) is 0.600. The molecule has 102 valence electrons. The molecule has 0 amide bonds. The van der Waals surface area contributed by atoms with E-state index in [0.717, 1.165) is 19.6 Å². The van der Waals surface area contributed by atoms with E-state index in [1.807, 2.05) is 13.8 Å². The molecule has 18 heavy (non-hydrogen) atoms. The van der Waals surface area contributed by atoms with Crippen molar-refractivity contribution in [3.63, 3.8) is 0 Å². The average molecular weight is 250 g/mol. The Morgan fingerprint density at radius 3 is 2.11 bits per heavy atom. The first-order valence-electron chi connectivity index (χ1n) is 6.72. The molecule has 3 nitrogen and oxygen atoms in total. The maximum absolute atomic E-state index is 9.18. The highest BCUT2D eigenvalue weighted by molar-refractivity contribution is 5.47. The van der Waals surface area contributed by atoms with Gasteiger partial charge in [0.25, 0.3) is 0 Å². The number of aliphatic hydroxyl groups excluding tert-OH is 1. The third kappa shape index (κ3) is 4.31. The number of rotatable bonds is 7. The van der Waals surface area contributed by atoms with Crippen LogP contribution in [0.4, 0.5) is 5.69 Å². The Labute approximate surface area is 111 Å². The molecule has 0 unspecified atom stereocenters. The number of benzene rings is 1. The fourth-order valence-corrected chi connectivity index (χ4v) is 1.81. The summed E-state index contributed by atoms with van der Waals surface area (Å²) in [6.45, 7) is 11.3. The van der Waals surface area contributed by atoms with Crippen molar-refractivity contribution in [2.45, 2.75) is 39.8 Å². The predicted octanol–water partition coefficient (Wildman–Crippen LogP) is 2.39. The number of aliphatic hydroxyl groups is 1. The second-order valence-corrected chi connectivity index (χ2v) is 5.23. The molecule has 0 saturated carbocycles. The Morgan fingerprint density at radius 1 is 1.11 bits per heavy atom. The van der Waals surface area contributed by atoms with Gasteiger partial charge in [-0.25, -0.2) is 0 Å². The van der Waals surface area contributed by atoms with E-state index in [2.05, 4.69) is 48.3 Å². The van der Waals surface area contributed by atoms with Crippen molar-refractivity contribution in [2.75, 3.05) is 24.6 Å². The molecule has 0 heterocycles. The molecule has 0 aromatic heterocycles. The molecule has 0 saturated heterocycles. The molecule has 0 aliphatic heterocycles.